The van der Waals surface area contributed by atoms with Crippen LogP contribution in [0.2, 0.25) is 0 Å². The highest BCUT2D eigenvalue weighted by Crippen LogP contribution is 2.35. The molecule has 2 aromatic carbocycles. The Hall–Kier alpha value is -4.79. The van der Waals surface area contributed by atoms with Crippen molar-refractivity contribution in [2.45, 2.75) is 131 Å². The molecule has 12 heteroatoms. The number of likely N-dealkylation sites (tertiary alicyclic amines) is 2. The van der Waals surface area contributed by atoms with E-state index in [2.05, 4.69) is 11.4 Å². The Morgan fingerprint density at radius 3 is 1.61 bits per heavy atom. The third kappa shape index (κ3) is 14.0. The second kappa shape index (κ2) is 17.8. The summed E-state index contributed by atoms with van der Waals surface area (Å²) in [5.41, 5.74) is 0.904. The molecule has 312 valence electrons. The van der Waals surface area contributed by atoms with E-state index in [1.165, 1.54) is 0 Å². The van der Waals surface area contributed by atoms with E-state index in [1.807, 2.05) is 113 Å². The van der Waals surface area contributed by atoms with E-state index in [4.69, 9.17) is 18.9 Å². The van der Waals surface area contributed by atoms with Gasteiger partial charge in [-0.3, -0.25) is 9.59 Å². The monoisotopic (exact) mass is 788 g/mol. The highest BCUT2D eigenvalue weighted by molar-refractivity contribution is 5.76. The molecule has 2 amide bonds. The van der Waals surface area contributed by atoms with Gasteiger partial charge >= 0.3 is 24.1 Å². The maximum Gasteiger partial charge on any atom is 0.410 e. The lowest BCUT2D eigenvalue weighted by molar-refractivity contribution is -0.163. The number of hydrogen-bond donors (Lipinski definition) is 1. The van der Waals surface area contributed by atoms with E-state index >= 15 is 0 Å². The molecule has 0 aliphatic carbocycles. The van der Waals surface area contributed by atoms with Crippen molar-refractivity contribution in [3.8, 4) is 6.07 Å². The third-order valence-electron chi connectivity index (χ3n) is 9.65. The first-order chi connectivity index (χ1) is 26.3. The van der Waals surface area contributed by atoms with Crippen molar-refractivity contribution in [2.75, 3.05) is 31.5 Å². The van der Waals surface area contributed by atoms with Gasteiger partial charge in [0.05, 0.1) is 23.5 Å². The second-order valence-electron chi connectivity index (χ2n) is 19.4. The predicted molar refractivity (Wildman–Crippen MR) is 219 cm³/mol. The van der Waals surface area contributed by atoms with Gasteiger partial charge in [-0.1, -0.05) is 12.1 Å². The lowest BCUT2D eigenvalue weighted by Crippen LogP contribution is -2.38. The standard InChI is InChI=1S/C45H64N4O8/c1-42(2,3)54-38(50)35(31-18-20-48(27-31)40(52)56-44(7,8)9)24-29-14-13-15-34(23-29)47-37-17-16-30(26-46)22-33(37)25-36(39(51)55-43(4,5)6)32-19-21-49(28-32)41(53)57-45(10,11)12/h13-17,22-23,31-32,35-36,47H,18-21,24-25,27-28H2,1-12H3/t31-,32-,35+,36-/m0/s1. The quantitative estimate of drug-likeness (QED) is 0.183. The maximum atomic E-state index is 13.9. The minimum atomic E-state index is -0.724. The van der Waals surface area contributed by atoms with Gasteiger partial charge in [0.2, 0.25) is 0 Å². The van der Waals surface area contributed by atoms with E-state index in [1.54, 1.807) is 21.9 Å². The molecule has 2 fully saturated rings. The van der Waals surface area contributed by atoms with Crippen molar-refractivity contribution in [1.82, 2.24) is 9.80 Å². The maximum absolute atomic E-state index is 13.9. The number of ether oxygens (including phenoxy) is 4. The molecule has 2 heterocycles. The van der Waals surface area contributed by atoms with Gasteiger partial charge in [0.15, 0.2) is 0 Å². The molecule has 0 bridgehead atoms. The van der Waals surface area contributed by atoms with E-state index < -0.39 is 40.3 Å². The van der Waals surface area contributed by atoms with Crippen LogP contribution >= 0.6 is 0 Å². The predicted octanol–water partition coefficient (Wildman–Crippen LogP) is 8.82. The SMILES string of the molecule is CC(C)(C)OC(=O)[C@@H](Cc1cc(C#N)ccc1Nc1cccc(C[C@@H](C(=O)OC(C)(C)C)[C@H]2CCN(C(=O)OC(C)(C)C)C2)c1)[C@H]1CCN(C(=O)OC(C)(C)C)C1. The summed E-state index contributed by atoms with van der Waals surface area (Å²) in [7, 11) is 0. The largest absolute Gasteiger partial charge is 0.460 e. The van der Waals surface area contributed by atoms with Gasteiger partial charge in [-0.2, -0.15) is 5.26 Å². The minimum Gasteiger partial charge on any atom is -0.460 e. The topological polar surface area (TPSA) is 147 Å². The fourth-order valence-corrected chi connectivity index (χ4v) is 7.23. The summed E-state index contributed by atoms with van der Waals surface area (Å²) in [5, 5.41) is 13.4. The molecule has 0 saturated carbocycles. The molecular weight excluding hydrogens is 725 g/mol. The summed E-state index contributed by atoms with van der Waals surface area (Å²) in [5.74, 6) is -2.09. The van der Waals surface area contributed by atoms with Crippen molar-refractivity contribution in [1.29, 1.82) is 5.26 Å². The molecule has 0 radical (unpaired) electrons. The van der Waals surface area contributed by atoms with E-state index in [0.717, 1.165) is 16.8 Å². The molecule has 0 spiro atoms. The summed E-state index contributed by atoms with van der Waals surface area (Å²) in [6, 6.07) is 15.4. The Morgan fingerprint density at radius 2 is 1.16 bits per heavy atom. The fourth-order valence-electron chi connectivity index (χ4n) is 7.23. The molecule has 4 atom stereocenters. The van der Waals surface area contributed by atoms with Gasteiger partial charge in [-0.05, 0) is 162 Å². The Balaban J connectivity index is 1.60. The number of nitrogens with zero attached hydrogens (tertiary/aromatic N) is 3. The number of esters is 2. The van der Waals surface area contributed by atoms with Crippen LogP contribution < -0.4 is 5.32 Å². The summed E-state index contributed by atoms with van der Waals surface area (Å²) < 4.78 is 23.1. The number of amides is 2. The van der Waals surface area contributed by atoms with Crippen LogP contribution in [0.4, 0.5) is 21.0 Å². The first kappa shape index (κ1) is 44.9. The molecule has 2 aliphatic rings. The van der Waals surface area contributed by atoms with Gasteiger partial charge in [-0.25, -0.2) is 9.59 Å². The van der Waals surface area contributed by atoms with Gasteiger partial charge in [0, 0.05) is 37.6 Å². The number of nitrogens with one attached hydrogen (secondary N) is 1. The average molecular weight is 789 g/mol. The number of carbonyl (C=O) groups excluding carboxylic acids is 4. The minimum absolute atomic E-state index is 0.124. The molecule has 12 nitrogen and oxygen atoms in total. The van der Waals surface area contributed by atoms with Crippen molar-refractivity contribution < 1.29 is 38.1 Å². The summed E-state index contributed by atoms with van der Waals surface area (Å²) in [4.78, 5) is 56.8. The molecule has 2 aromatic rings. The molecule has 2 aliphatic heterocycles. The van der Waals surface area contributed by atoms with Crippen LogP contribution in [0.25, 0.3) is 0 Å². The smallest absolute Gasteiger partial charge is 0.410 e. The number of carbonyl (C=O) groups is 4. The van der Waals surface area contributed by atoms with E-state index in [-0.39, 0.29) is 36.3 Å². The van der Waals surface area contributed by atoms with Crippen LogP contribution in [0.3, 0.4) is 0 Å². The highest BCUT2D eigenvalue weighted by Gasteiger charge is 2.41. The number of benzene rings is 2. The van der Waals surface area contributed by atoms with Crippen LogP contribution in [0, 0.1) is 35.0 Å². The molecule has 4 rings (SSSR count). The Labute approximate surface area is 339 Å². The van der Waals surface area contributed by atoms with E-state index in [0.29, 0.717) is 56.7 Å². The Morgan fingerprint density at radius 1 is 0.684 bits per heavy atom. The molecule has 2 saturated heterocycles. The zero-order valence-corrected chi connectivity index (χ0v) is 36.1. The highest BCUT2D eigenvalue weighted by atomic mass is 16.6. The Bertz CT molecular complexity index is 1810. The van der Waals surface area contributed by atoms with Crippen LogP contribution in [0.15, 0.2) is 42.5 Å². The van der Waals surface area contributed by atoms with Crippen molar-refractivity contribution in [2.24, 2.45) is 23.7 Å². The molecule has 0 aromatic heterocycles. The summed E-state index contributed by atoms with van der Waals surface area (Å²) >= 11 is 0. The van der Waals surface area contributed by atoms with Gasteiger partial charge < -0.3 is 34.1 Å². The van der Waals surface area contributed by atoms with Crippen LogP contribution in [0.5, 0.6) is 0 Å². The number of anilines is 2. The van der Waals surface area contributed by atoms with Crippen LogP contribution in [-0.2, 0) is 41.4 Å². The molecule has 0 unspecified atom stereocenters. The number of rotatable bonds is 10. The van der Waals surface area contributed by atoms with Gasteiger partial charge in [-0.15, -0.1) is 0 Å². The van der Waals surface area contributed by atoms with Gasteiger partial charge in [0.1, 0.15) is 22.4 Å². The fraction of sp³-hybridized carbons (Fsp3) is 0.622. The first-order valence-corrected chi connectivity index (χ1v) is 20.1. The molecule has 1 N–H and O–H groups in total. The molecular formula is C45H64N4O8. The van der Waals surface area contributed by atoms with Crippen molar-refractivity contribution in [3.05, 3.63) is 59.2 Å². The lowest BCUT2D eigenvalue weighted by atomic mass is 9.85. The zero-order chi connectivity index (χ0) is 42.5. The summed E-state index contributed by atoms with van der Waals surface area (Å²) in [6.07, 6.45) is 1.11. The molecule has 57 heavy (non-hydrogen) atoms. The third-order valence-corrected chi connectivity index (χ3v) is 9.65. The first-order valence-electron chi connectivity index (χ1n) is 20.1. The number of hydrogen-bond acceptors (Lipinski definition) is 10. The lowest BCUT2D eigenvalue weighted by Gasteiger charge is -2.29. The number of nitriles is 1. The van der Waals surface area contributed by atoms with Crippen molar-refractivity contribution >= 4 is 35.5 Å². The Kier molecular flexibility index (Phi) is 14.0. The van der Waals surface area contributed by atoms with Crippen LogP contribution in [0.1, 0.15) is 113 Å². The van der Waals surface area contributed by atoms with Crippen LogP contribution in [-0.4, -0.2) is 82.5 Å². The zero-order valence-electron chi connectivity index (χ0n) is 36.1. The normalized spacial score (nSPS) is 18.6. The van der Waals surface area contributed by atoms with E-state index in [9.17, 15) is 24.4 Å². The van der Waals surface area contributed by atoms with Crippen molar-refractivity contribution in [3.63, 3.8) is 0 Å². The van der Waals surface area contributed by atoms with Gasteiger partial charge in [0.25, 0.3) is 0 Å². The second-order valence-corrected chi connectivity index (χ2v) is 19.4. The summed E-state index contributed by atoms with van der Waals surface area (Å²) in [6.45, 7) is 23.7. The average Bonchev–Trinajstić information content (AvgIpc) is 3.75.